The van der Waals surface area contributed by atoms with Crippen LogP contribution >= 0.6 is 0 Å². The average molecular weight is 350 g/mol. The molecule has 0 N–H and O–H groups in total. The Kier molecular flexibility index (Phi) is 3.54. The number of hydrogen-bond acceptors (Lipinski definition) is 3. The number of furan rings is 1. The molecule has 0 aliphatic heterocycles. The van der Waals surface area contributed by atoms with Gasteiger partial charge in [-0.3, -0.25) is 4.98 Å². The van der Waals surface area contributed by atoms with Gasteiger partial charge < -0.3 is 4.42 Å². The van der Waals surface area contributed by atoms with E-state index in [1.165, 1.54) is 0 Å². The minimum Gasteiger partial charge on any atom is -0.437 e. The Morgan fingerprint density at radius 1 is 0.741 bits per heavy atom. The Labute approximate surface area is 157 Å². The van der Waals surface area contributed by atoms with E-state index >= 15 is 0 Å². The molecule has 27 heavy (non-hydrogen) atoms. The second kappa shape index (κ2) is 6.06. The molecule has 3 aromatic heterocycles. The maximum absolute atomic E-state index is 6.16. The van der Waals surface area contributed by atoms with Crippen LogP contribution in [0.25, 0.3) is 44.5 Å². The van der Waals surface area contributed by atoms with Gasteiger partial charge in [-0.25, -0.2) is 4.98 Å². The molecule has 0 fully saturated rings. The average Bonchev–Trinajstić information content (AvgIpc) is 3.06. The third-order valence-corrected chi connectivity index (χ3v) is 4.98. The van der Waals surface area contributed by atoms with Crippen molar-refractivity contribution in [3.05, 3.63) is 84.2 Å². The number of pyridine rings is 2. The van der Waals surface area contributed by atoms with E-state index in [1.807, 2.05) is 37.4 Å². The molecule has 5 aromatic rings. The smallest absolute Gasteiger partial charge is 0.227 e. The van der Waals surface area contributed by atoms with Crippen molar-refractivity contribution in [2.75, 3.05) is 0 Å². The van der Waals surface area contributed by atoms with Crippen molar-refractivity contribution >= 4 is 22.1 Å². The van der Waals surface area contributed by atoms with Gasteiger partial charge in [0, 0.05) is 33.8 Å². The molecule has 5 rings (SSSR count). The molecule has 3 heterocycles. The first-order valence-electron chi connectivity index (χ1n) is 9.02. The molecule has 0 unspecified atom stereocenters. The van der Waals surface area contributed by atoms with Crippen molar-refractivity contribution in [1.29, 1.82) is 0 Å². The first-order chi connectivity index (χ1) is 13.2. The van der Waals surface area contributed by atoms with E-state index in [-0.39, 0.29) is 0 Å². The van der Waals surface area contributed by atoms with Gasteiger partial charge in [0.25, 0.3) is 0 Å². The van der Waals surface area contributed by atoms with Crippen LogP contribution < -0.4 is 0 Å². The fourth-order valence-corrected chi connectivity index (χ4v) is 3.57. The fourth-order valence-electron chi connectivity index (χ4n) is 3.57. The standard InChI is InChI=1S/C24H18N2O/c1-15-8-11-19-20-12-9-16(2)26-24(20)27-23(19)22(15)21-13-10-18(14-25-21)17-6-4-3-5-7-17/h3-14H,1-2H3. The van der Waals surface area contributed by atoms with Crippen LogP contribution in [0.4, 0.5) is 0 Å². The number of rotatable bonds is 2. The van der Waals surface area contributed by atoms with E-state index in [1.54, 1.807) is 0 Å². The molecular weight excluding hydrogens is 332 g/mol. The van der Waals surface area contributed by atoms with Crippen LogP contribution in [0.15, 0.2) is 77.3 Å². The minimum absolute atomic E-state index is 0.678. The van der Waals surface area contributed by atoms with Crippen molar-refractivity contribution in [3.63, 3.8) is 0 Å². The zero-order valence-electron chi connectivity index (χ0n) is 15.2. The largest absolute Gasteiger partial charge is 0.437 e. The highest BCUT2D eigenvalue weighted by Crippen LogP contribution is 2.37. The molecular formula is C24H18N2O. The minimum atomic E-state index is 0.678. The van der Waals surface area contributed by atoms with Gasteiger partial charge in [-0.05, 0) is 43.2 Å². The maximum atomic E-state index is 6.16. The molecule has 3 nitrogen and oxygen atoms in total. The van der Waals surface area contributed by atoms with Crippen molar-refractivity contribution in [2.24, 2.45) is 0 Å². The Morgan fingerprint density at radius 3 is 2.33 bits per heavy atom. The van der Waals surface area contributed by atoms with Gasteiger partial charge >= 0.3 is 0 Å². The molecule has 2 aromatic carbocycles. The van der Waals surface area contributed by atoms with Crippen LogP contribution in [0.3, 0.4) is 0 Å². The van der Waals surface area contributed by atoms with Crippen LogP contribution in [-0.2, 0) is 0 Å². The summed E-state index contributed by atoms with van der Waals surface area (Å²) < 4.78 is 6.16. The number of nitrogens with zero attached hydrogens (tertiary/aromatic N) is 2. The summed E-state index contributed by atoms with van der Waals surface area (Å²) in [5.74, 6) is 0. The van der Waals surface area contributed by atoms with E-state index in [9.17, 15) is 0 Å². The molecule has 0 saturated carbocycles. The molecule has 0 aliphatic carbocycles. The van der Waals surface area contributed by atoms with Crippen LogP contribution in [0, 0.1) is 13.8 Å². The predicted octanol–water partition coefficient (Wildman–Crippen LogP) is 6.33. The predicted molar refractivity (Wildman–Crippen MR) is 110 cm³/mol. The van der Waals surface area contributed by atoms with Crippen molar-refractivity contribution in [1.82, 2.24) is 9.97 Å². The van der Waals surface area contributed by atoms with E-state index in [0.29, 0.717) is 5.71 Å². The second-order valence-corrected chi connectivity index (χ2v) is 6.84. The van der Waals surface area contributed by atoms with Crippen LogP contribution in [0.5, 0.6) is 0 Å². The van der Waals surface area contributed by atoms with Crippen LogP contribution in [0.2, 0.25) is 0 Å². The molecule has 0 amide bonds. The van der Waals surface area contributed by atoms with Gasteiger partial charge in [-0.15, -0.1) is 0 Å². The second-order valence-electron chi connectivity index (χ2n) is 6.84. The summed E-state index contributed by atoms with van der Waals surface area (Å²) in [6, 6.07) is 22.8. The molecule has 0 saturated heterocycles. The third-order valence-electron chi connectivity index (χ3n) is 4.98. The zero-order chi connectivity index (χ0) is 18.4. The molecule has 3 heteroatoms. The summed E-state index contributed by atoms with van der Waals surface area (Å²) in [5.41, 5.74) is 7.82. The number of fused-ring (bicyclic) bond motifs is 3. The summed E-state index contributed by atoms with van der Waals surface area (Å²) in [6.45, 7) is 4.07. The Morgan fingerprint density at radius 2 is 1.56 bits per heavy atom. The fraction of sp³-hybridized carbons (Fsp3) is 0.0833. The highest BCUT2D eigenvalue weighted by molar-refractivity contribution is 6.09. The van der Waals surface area contributed by atoms with Gasteiger partial charge in [-0.2, -0.15) is 0 Å². The summed E-state index contributed by atoms with van der Waals surface area (Å²) in [4.78, 5) is 9.29. The molecule has 0 aliphatic rings. The normalized spacial score (nSPS) is 11.3. The molecule has 0 bridgehead atoms. The summed E-state index contributed by atoms with van der Waals surface area (Å²) in [7, 11) is 0. The zero-order valence-corrected chi connectivity index (χ0v) is 15.2. The summed E-state index contributed by atoms with van der Waals surface area (Å²) in [6.07, 6.45) is 1.92. The summed E-state index contributed by atoms with van der Waals surface area (Å²) in [5, 5.41) is 2.12. The van der Waals surface area contributed by atoms with Crippen molar-refractivity contribution in [2.45, 2.75) is 13.8 Å². The first kappa shape index (κ1) is 15.8. The van der Waals surface area contributed by atoms with Gasteiger partial charge in [0.05, 0.1) is 5.69 Å². The van der Waals surface area contributed by atoms with E-state index < -0.39 is 0 Å². The lowest BCUT2D eigenvalue weighted by Crippen LogP contribution is -1.89. The number of hydrogen-bond donors (Lipinski definition) is 0. The lowest BCUT2D eigenvalue weighted by molar-refractivity contribution is 0.653. The molecule has 130 valence electrons. The molecule has 0 radical (unpaired) electrons. The molecule has 0 atom stereocenters. The van der Waals surface area contributed by atoms with Gasteiger partial charge in [0.1, 0.15) is 5.58 Å². The maximum Gasteiger partial charge on any atom is 0.227 e. The van der Waals surface area contributed by atoms with Crippen molar-refractivity contribution in [3.8, 4) is 22.4 Å². The number of aromatic nitrogens is 2. The highest BCUT2D eigenvalue weighted by atomic mass is 16.3. The lowest BCUT2D eigenvalue weighted by atomic mass is 10.00. The van der Waals surface area contributed by atoms with Crippen LogP contribution in [-0.4, -0.2) is 9.97 Å². The monoisotopic (exact) mass is 350 g/mol. The van der Waals surface area contributed by atoms with Gasteiger partial charge in [0.15, 0.2) is 0 Å². The Bertz CT molecular complexity index is 1270. The Hall–Kier alpha value is -3.46. The Balaban J connectivity index is 1.70. The van der Waals surface area contributed by atoms with Crippen molar-refractivity contribution < 1.29 is 4.42 Å². The van der Waals surface area contributed by atoms with E-state index in [0.717, 1.165) is 50.0 Å². The first-order valence-corrected chi connectivity index (χ1v) is 9.02. The number of benzene rings is 2. The third kappa shape index (κ3) is 2.59. The SMILES string of the molecule is Cc1ccc2c(n1)oc1c(-c3ccc(-c4ccccc4)cn3)c(C)ccc12. The summed E-state index contributed by atoms with van der Waals surface area (Å²) >= 11 is 0. The highest BCUT2D eigenvalue weighted by Gasteiger charge is 2.16. The van der Waals surface area contributed by atoms with Gasteiger partial charge in [-0.1, -0.05) is 48.5 Å². The van der Waals surface area contributed by atoms with E-state index in [4.69, 9.17) is 9.40 Å². The quantitative estimate of drug-likeness (QED) is 0.373. The lowest BCUT2D eigenvalue weighted by Gasteiger charge is -2.07. The number of aryl methyl sites for hydroxylation is 2. The molecule has 0 spiro atoms. The van der Waals surface area contributed by atoms with Crippen LogP contribution in [0.1, 0.15) is 11.3 Å². The van der Waals surface area contributed by atoms with Gasteiger partial charge in [0.2, 0.25) is 5.71 Å². The van der Waals surface area contributed by atoms with E-state index in [2.05, 4.69) is 54.4 Å². The topological polar surface area (TPSA) is 38.9 Å².